The van der Waals surface area contributed by atoms with Crippen LogP contribution in [-0.4, -0.2) is 34.3 Å². The van der Waals surface area contributed by atoms with Gasteiger partial charge in [0.2, 0.25) is 0 Å². The van der Waals surface area contributed by atoms with E-state index in [4.69, 9.17) is 9.63 Å². The minimum atomic E-state index is -0.116. The fraction of sp³-hybridized carbons (Fsp3) is 0.611. The number of amides is 1. The first-order valence-electron chi connectivity index (χ1n) is 8.80. The van der Waals surface area contributed by atoms with Crippen molar-refractivity contribution in [2.45, 2.75) is 51.9 Å². The van der Waals surface area contributed by atoms with Gasteiger partial charge in [-0.15, -0.1) is 0 Å². The quantitative estimate of drug-likeness (QED) is 0.776. The van der Waals surface area contributed by atoms with Crippen molar-refractivity contribution in [2.75, 3.05) is 13.2 Å². The van der Waals surface area contributed by atoms with Gasteiger partial charge in [0.1, 0.15) is 0 Å². The number of aromatic nitrogens is 2. The molecule has 24 heavy (non-hydrogen) atoms. The van der Waals surface area contributed by atoms with Gasteiger partial charge in [0.15, 0.2) is 0 Å². The third-order valence-corrected chi connectivity index (χ3v) is 4.66. The van der Waals surface area contributed by atoms with E-state index >= 15 is 0 Å². The van der Waals surface area contributed by atoms with Crippen LogP contribution in [0.2, 0.25) is 0 Å². The first-order valence-corrected chi connectivity index (χ1v) is 8.80. The van der Waals surface area contributed by atoms with Crippen molar-refractivity contribution in [3.05, 3.63) is 23.0 Å². The predicted molar refractivity (Wildman–Crippen MR) is 91.0 cm³/mol. The average Bonchev–Trinajstić information content (AvgIpc) is 3.36. The van der Waals surface area contributed by atoms with E-state index in [-0.39, 0.29) is 12.5 Å². The van der Waals surface area contributed by atoms with Gasteiger partial charge in [-0.2, -0.15) is 0 Å². The van der Waals surface area contributed by atoms with Gasteiger partial charge in [0, 0.05) is 24.8 Å². The van der Waals surface area contributed by atoms with E-state index in [9.17, 15) is 4.79 Å². The molecule has 2 heterocycles. The molecule has 1 aliphatic rings. The number of fused-ring (bicyclic) bond motifs is 1. The molecule has 1 atom stereocenters. The second-order valence-corrected chi connectivity index (χ2v) is 6.69. The van der Waals surface area contributed by atoms with Crippen molar-refractivity contribution in [1.82, 2.24) is 15.5 Å². The summed E-state index contributed by atoms with van der Waals surface area (Å²) in [6.07, 6.45) is 4.96. The van der Waals surface area contributed by atoms with Crippen LogP contribution in [0.5, 0.6) is 0 Å². The molecule has 2 N–H and O–H groups in total. The van der Waals surface area contributed by atoms with E-state index in [1.54, 1.807) is 0 Å². The van der Waals surface area contributed by atoms with Gasteiger partial charge in [-0.05, 0) is 44.6 Å². The Kier molecular flexibility index (Phi) is 5.14. The number of carbonyl (C=O) groups excluding carboxylic acids is 1. The zero-order valence-electron chi connectivity index (χ0n) is 14.3. The minimum Gasteiger partial charge on any atom is -0.396 e. The van der Waals surface area contributed by atoms with Crippen LogP contribution in [0, 0.1) is 12.8 Å². The van der Waals surface area contributed by atoms with Gasteiger partial charge in [0.05, 0.1) is 16.6 Å². The molecule has 1 aliphatic carbocycles. The molecule has 2 aromatic rings. The summed E-state index contributed by atoms with van der Waals surface area (Å²) < 4.78 is 5.29. The van der Waals surface area contributed by atoms with E-state index in [1.165, 1.54) is 0 Å². The van der Waals surface area contributed by atoms with E-state index < -0.39 is 0 Å². The van der Waals surface area contributed by atoms with Crippen molar-refractivity contribution in [3.8, 4) is 0 Å². The van der Waals surface area contributed by atoms with Crippen molar-refractivity contribution in [3.63, 3.8) is 0 Å². The molecule has 3 rings (SSSR count). The Labute approximate surface area is 141 Å². The van der Waals surface area contributed by atoms with Gasteiger partial charge < -0.3 is 14.9 Å². The normalized spacial score (nSPS) is 15.6. The van der Waals surface area contributed by atoms with Crippen LogP contribution in [0.1, 0.15) is 66.7 Å². The van der Waals surface area contributed by atoms with Crippen LogP contribution in [0.4, 0.5) is 0 Å². The Balaban J connectivity index is 1.81. The molecule has 1 amide bonds. The topological polar surface area (TPSA) is 88.2 Å². The van der Waals surface area contributed by atoms with Gasteiger partial charge in [-0.1, -0.05) is 18.5 Å². The molecule has 0 aliphatic heterocycles. The molecule has 0 aromatic carbocycles. The van der Waals surface area contributed by atoms with Gasteiger partial charge in [-0.25, -0.2) is 4.98 Å². The Morgan fingerprint density at radius 3 is 2.92 bits per heavy atom. The van der Waals surface area contributed by atoms with Crippen molar-refractivity contribution in [1.29, 1.82) is 0 Å². The third-order valence-electron chi connectivity index (χ3n) is 4.66. The van der Waals surface area contributed by atoms with Crippen molar-refractivity contribution < 1.29 is 14.4 Å². The summed E-state index contributed by atoms with van der Waals surface area (Å²) >= 11 is 0. The van der Waals surface area contributed by atoms with Crippen LogP contribution in [0.3, 0.4) is 0 Å². The predicted octanol–water partition coefficient (Wildman–Crippen LogP) is 2.94. The zero-order chi connectivity index (χ0) is 17.1. The summed E-state index contributed by atoms with van der Waals surface area (Å²) in [5, 5.41) is 16.8. The lowest BCUT2D eigenvalue weighted by atomic mass is 10.00. The third kappa shape index (κ3) is 3.59. The number of nitrogens with zero attached hydrogens (tertiary/aromatic N) is 2. The number of hydrogen-bond donors (Lipinski definition) is 2. The molecule has 0 bridgehead atoms. The van der Waals surface area contributed by atoms with E-state index in [0.717, 1.165) is 31.4 Å². The highest BCUT2D eigenvalue weighted by Crippen LogP contribution is 2.40. The molecule has 0 radical (unpaired) electrons. The Bertz CT molecular complexity index is 716. The number of nitrogens with one attached hydrogen (secondary N) is 1. The van der Waals surface area contributed by atoms with E-state index in [0.29, 0.717) is 47.2 Å². The molecular formula is C18H25N3O3. The maximum absolute atomic E-state index is 12.7. The largest absolute Gasteiger partial charge is 0.396 e. The maximum atomic E-state index is 12.7. The fourth-order valence-electron chi connectivity index (χ4n) is 3.15. The smallest absolute Gasteiger partial charge is 0.259 e. The molecule has 6 heteroatoms. The summed E-state index contributed by atoms with van der Waals surface area (Å²) in [5.41, 5.74) is 2.65. The van der Waals surface area contributed by atoms with E-state index in [1.807, 2.05) is 13.0 Å². The lowest BCUT2D eigenvalue weighted by Crippen LogP contribution is -2.30. The number of carbonyl (C=O) groups is 1. The number of aliphatic hydroxyl groups excluding tert-OH is 1. The molecular weight excluding hydrogens is 306 g/mol. The van der Waals surface area contributed by atoms with Crippen LogP contribution < -0.4 is 5.32 Å². The SMILES string of the molecule is CCCC(CCO)CNC(=O)c1cc(C2CC2)nc2onc(C)c12. The standard InChI is InChI=1S/C18H25N3O3/c1-3-4-12(7-8-22)10-19-17(23)14-9-15(13-5-6-13)20-18-16(14)11(2)21-24-18/h9,12-13,22H,3-8,10H2,1-2H3,(H,19,23). The summed E-state index contributed by atoms with van der Waals surface area (Å²) in [6, 6.07) is 1.89. The highest BCUT2D eigenvalue weighted by Gasteiger charge is 2.28. The summed E-state index contributed by atoms with van der Waals surface area (Å²) in [4.78, 5) is 17.3. The van der Waals surface area contributed by atoms with Crippen LogP contribution in [0.15, 0.2) is 10.6 Å². The fourth-order valence-corrected chi connectivity index (χ4v) is 3.15. The maximum Gasteiger partial charge on any atom is 0.259 e. The lowest BCUT2D eigenvalue weighted by molar-refractivity contribution is 0.0944. The van der Waals surface area contributed by atoms with Crippen LogP contribution >= 0.6 is 0 Å². The van der Waals surface area contributed by atoms with Crippen LogP contribution in [-0.2, 0) is 0 Å². The second kappa shape index (κ2) is 7.30. The first-order chi connectivity index (χ1) is 11.6. The molecule has 1 saturated carbocycles. The minimum absolute atomic E-state index is 0.116. The molecule has 0 spiro atoms. The average molecular weight is 331 g/mol. The molecule has 130 valence electrons. The first kappa shape index (κ1) is 16.9. The summed E-state index contributed by atoms with van der Waals surface area (Å²) in [6.45, 7) is 4.66. The number of rotatable bonds is 8. The second-order valence-electron chi connectivity index (χ2n) is 6.69. The molecule has 1 unspecified atom stereocenters. The highest BCUT2D eigenvalue weighted by molar-refractivity contribution is 6.06. The molecule has 2 aromatic heterocycles. The Hall–Kier alpha value is -1.95. The number of pyridine rings is 1. The van der Waals surface area contributed by atoms with Crippen molar-refractivity contribution >= 4 is 17.0 Å². The molecule has 1 fully saturated rings. The Morgan fingerprint density at radius 2 is 2.25 bits per heavy atom. The molecule has 6 nitrogen and oxygen atoms in total. The lowest BCUT2D eigenvalue weighted by Gasteiger charge is -2.16. The molecule has 0 saturated heterocycles. The number of aryl methyl sites for hydroxylation is 1. The van der Waals surface area contributed by atoms with Gasteiger partial charge in [-0.3, -0.25) is 4.79 Å². The highest BCUT2D eigenvalue weighted by atomic mass is 16.5. The zero-order valence-corrected chi connectivity index (χ0v) is 14.3. The van der Waals surface area contributed by atoms with Gasteiger partial charge >= 0.3 is 0 Å². The summed E-state index contributed by atoms with van der Waals surface area (Å²) in [5.74, 6) is 0.621. The number of aliphatic hydroxyl groups is 1. The van der Waals surface area contributed by atoms with Gasteiger partial charge in [0.25, 0.3) is 11.6 Å². The Morgan fingerprint density at radius 1 is 1.46 bits per heavy atom. The van der Waals surface area contributed by atoms with Crippen molar-refractivity contribution in [2.24, 2.45) is 5.92 Å². The van der Waals surface area contributed by atoms with E-state index in [2.05, 4.69) is 22.4 Å². The number of hydrogen-bond acceptors (Lipinski definition) is 5. The summed E-state index contributed by atoms with van der Waals surface area (Å²) in [7, 11) is 0. The monoisotopic (exact) mass is 331 g/mol. The van der Waals surface area contributed by atoms with Crippen LogP contribution in [0.25, 0.3) is 11.1 Å².